The van der Waals surface area contributed by atoms with Gasteiger partial charge in [-0.1, -0.05) is 29.3 Å². The summed E-state index contributed by atoms with van der Waals surface area (Å²) in [5.74, 6) is 0.656. The molecule has 6 heteroatoms. The zero-order chi connectivity index (χ0) is 17.0. The van der Waals surface area contributed by atoms with Crippen LogP contribution >= 0.6 is 23.2 Å². The highest BCUT2D eigenvalue weighted by molar-refractivity contribution is 6.32. The lowest BCUT2D eigenvalue weighted by atomic mass is 10.1. The van der Waals surface area contributed by atoms with Crippen molar-refractivity contribution in [3.63, 3.8) is 0 Å². The van der Waals surface area contributed by atoms with Crippen molar-refractivity contribution in [3.8, 4) is 5.75 Å². The van der Waals surface area contributed by atoms with Gasteiger partial charge < -0.3 is 15.4 Å². The molecular weight excluding hydrogens is 335 g/mol. The molecule has 0 spiro atoms. The van der Waals surface area contributed by atoms with Crippen LogP contribution in [0, 0.1) is 20.8 Å². The fourth-order valence-corrected chi connectivity index (χ4v) is 2.35. The Morgan fingerprint density at radius 1 is 1.04 bits per heavy atom. The topological polar surface area (TPSA) is 50.4 Å². The lowest BCUT2D eigenvalue weighted by Gasteiger charge is -2.12. The molecule has 0 aliphatic carbocycles. The molecule has 2 amide bonds. The molecule has 0 aliphatic heterocycles. The van der Waals surface area contributed by atoms with Gasteiger partial charge in [-0.05, 0) is 61.7 Å². The molecule has 2 aromatic rings. The van der Waals surface area contributed by atoms with Crippen molar-refractivity contribution in [2.45, 2.75) is 20.8 Å². The summed E-state index contributed by atoms with van der Waals surface area (Å²) in [5.41, 5.74) is 3.45. The Bertz CT molecular complexity index is 710. The third-order valence-corrected chi connectivity index (χ3v) is 4.16. The Kier molecular flexibility index (Phi) is 5.74. The number of rotatable bonds is 4. The van der Waals surface area contributed by atoms with Crippen LogP contribution in [-0.2, 0) is 0 Å². The van der Waals surface area contributed by atoms with Crippen molar-refractivity contribution in [3.05, 3.63) is 57.1 Å². The number of hydrogen-bond donors (Lipinski definition) is 2. The Balaban J connectivity index is 1.89. The first-order valence-electron chi connectivity index (χ1n) is 7.07. The van der Waals surface area contributed by atoms with E-state index in [-0.39, 0.29) is 12.8 Å². The van der Waals surface area contributed by atoms with Crippen molar-refractivity contribution in [1.82, 2.24) is 5.32 Å². The van der Waals surface area contributed by atoms with E-state index in [1.165, 1.54) is 0 Å². The number of benzene rings is 2. The van der Waals surface area contributed by atoms with Gasteiger partial charge in [0, 0.05) is 15.7 Å². The van der Waals surface area contributed by atoms with Crippen LogP contribution in [0.25, 0.3) is 0 Å². The summed E-state index contributed by atoms with van der Waals surface area (Å²) in [7, 11) is 0. The van der Waals surface area contributed by atoms with Gasteiger partial charge in [0.2, 0.25) is 0 Å². The van der Waals surface area contributed by atoms with Crippen molar-refractivity contribution >= 4 is 34.9 Å². The van der Waals surface area contributed by atoms with Crippen LogP contribution in [0.1, 0.15) is 16.7 Å². The summed E-state index contributed by atoms with van der Waals surface area (Å²) >= 11 is 12.0. The number of halogens is 2. The number of urea groups is 1. The smallest absolute Gasteiger partial charge is 0.321 e. The van der Waals surface area contributed by atoms with Gasteiger partial charge in [-0.3, -0.25) is 0 Å². The molecule has 0 saturated heterocycles. The lowest BCUT2D eigenvalue weighted by Crippen LogP contribution is -2.32. The van der Waals surface area contributed by atoms with E-state index in [1.807, 2.05) is 39.0 Å². The largest absolute Gasteiger partial charge is 0.473 e. The third kappa shape index (κ3) is 4.78. The van der Waals surface area contributed by atoms with E-state index < -0.39 is 0 Å². The van der Waals surface area contributed by atoms with Crippen molar-refractivity contribution in [1.29, 1.82) is 0 Å². The molecule has 2 aromatic carbocycles. The maximum atomic E-state index is 11.9. The fraction of sp³-hybridized carbons (Fsp3) is 0.235. The monoisotopic (exact) mass is 352 g/mol. The average molecular weight is 353 g/mol. The molecule has 0 heterocycles. The minimum absolute atomic E-state index is 0.0476. The summed E-state index contributed by atoms with van der Waals surface area (Å²) in [6.07, 6.45) is 0. The molecule has 0 saturated carbocycles. The minimum atomic E-state index is -0.363. The maximum Gasteiger partial charge on any atom is 0.321 e. The van der Waals surface area contributed by atoms with Gasteiger partial charge in [0.05, 0.1) is 0 Å². The molecule has 2 rings (SSSR count). The highest BCUT2D eigenvalue weighted by atomic mass is 35.5. The van der Waals surface area contributed by atoms with E-state index in [1.54, 1.807) is 12.1 Å². The summed E-state index contributed by atoms with van der Waals surface area (Å²) in [6.45, 7) is 5.75. The number of nitrogens with one attached hydrogen (secondary N) is 2. The molecule has 0 radical (unpaired) electrons. The van der Waals surface area contributed by atoms with E-state index in [9.17, 15) is 4.79 Å². The van der Waals surface area contributed by atoms with Gasteiger partial charge in [-0.2, -0.15) is 0 Å². The molecule has 0 aliphatic rings. The Morgan fingerprint density at radius 3 is 2.35 bits per heavy atom. The van der Waals surface area contributed by atoms with E-state index in [0.29, 0.717) is 16.5 Å². The molecular formula is C17H18Cl2N2O2. The molecule has 0 bridgehead atoms. The van der Waals surface area contributed by atoms with Crippen LogP contribution < -0.4 is 15.4 Å². The van der Waals surface area contributed by atoms with Crippen LogP contribution in [0.5, 0.6) is 5.75 Å². The first-order valence-corrected chi connectivity index (χ1v) is 7.83. The quantitative estimate of drug-likeness (QED) is 0.754. The number of anilines is 1. The number of ether oxygens (including phenoxy) is 1. The third-order valence-electron chi connectivity index (χ3n) is 3.33. The number of carbonyl (C=O) groups excluding carboxylic acids is 1. The maximum absolute atomic E-state index is 11.9. The Morgan fingerprint density at radius 2 is 1.70 bits per heavy atom. The fourth-order valence-electron chi connectivity index (χ4n) is 2.07. The van der Waals surface area contributed by atoms with E-state index in [4.69, 9.17) is 27.9 Å². The first kappa shape index (κ1) is 17.4. The number of aryl methyl sites for hydroxylation is 3. The van der Waals surface area contributed by atoms with Crippen molar-refractivity contribution < 1.29 is 9.53 Å². The molecule has 0 fully saturated rings. The zero-order valence-electron chi connectivity index (χ0n) is 13.2. The Labute approximate surface area is 145 Å². The van der Waals surface area contributed by atoms with Gasteiger partial charge in [-0.25, -0.2) is 4.79 Å². The van der Waals surface area contributed by atoms with Gasteiger partial charge >= 0.3 is 6.03 Å². The normalized spacial score (nSPS) is 10.3. The zero-order valence-corrected chi connectivity index (χ0v) is 14.7. The summed E-state index contributed by atoms with van der Waals surface area (Å²) < 4.78 is 5.53. The molecule has 4 nitrogen and oxygen atoms in total. The average Bonchev–Trinajstić information content (AvgIpc) is 2.48. The number of hydrogen-bond acceptors (Lipinski definition) is 2. The molecule has 0 unspecified atom stereocenters. The Hall–Kier alpha value is -1.91. The van der Waals surface area contributed by atoms with Crippen LogP contribution in [0.4, 0.5) is 10.5 Å². The predicted octanol–water partition coefficient (Wildman–Crippen LogP) is 5.08. The second-order valence-corrected chi connectivity index (χ2v) is 6.06. The van der Waals surface area contributed by atoms with Crippen molar-refractivity contribution in [2.75, 3.05) is 12.0 Å². The highest BCUT2D eigenvalue weighted by Gasteiger charge is 2.06. The predicted molar refractivity (Wildman–Crippen MR) is 94.8 cm³/mol. The lowest BCUT2D eigenvalue weighted by molar-refractivity contribution is 0.234. The molecule has 23 heavy (non-hydrogen) atoms. The van der Waals surface area contributed by atoms with Gasteiger partial charge in [0.15, 0.2) is 6.73 Å². The summed E-state index contributed by atoms with van der Waals surface area (Å²) in [6, 6.07) is 8.61. The van der Waals surface area contributed by atoms with E-state index in [2.05, 4.69) is 10.6 Å². The van der Waals surface area contributed by atoms with Crippen LogP contribution in [0.2, 0.25) is 10.0 Å². The van der Waals surface area contributed by atoms with Gasteiger partial charge in [0.25, 0.3) is 0 Å². The molecule has 2 N–H and O–H groups in total. The first-order chi connectivity index (χ1) is 10.9. The summed E-state index contributed by atoms with van der Waals surface area (Å²) in [5, 5.41) is 6.65. The molecule has 0 atom stereocenters. The SMILES string of the molecule is Cc1ccc(Cl)cc1NC(=O)NCOc1cc(C)c(Cl)c(C)c1. The van der Waals surface area contributed by atoms with Crippen LogP contribution in [0.3, 0.4) is 0 Å². The summed E-state index contributed by atoms with van der Waals surface area (Å²) in [4.78, 5) is 11.9. The highest BCUT2D eigenvalue weighted by Crippen LogP contribution is 2.25. The van der Waals surface area contributed by atoms with E-state index in [0.717, 1.165) is 21.7 Å². The number of carbonyl (C=O) groups is 1. The van der Waals surface area contributed by atoms with Gasteiger partial charge in [0.1, 0.15) is 5.75 Å². The van der Waals surface area contributed by atoms with Crippen LogP contribution in [-0.4, -0.2) is 12.8 Å². The van der Waals surface area contributed by atoms with Crippen molar-refractivity contribution in [2.24, 2.45) is 0 Å². The van der Waals surface area contributed by atoms with Gasteiger partial charge in [-0.15, -0.1) is 0 Å². The minimum Gasteiger partial charge on any atom is -0.473 e. The van der Waals surface area contributed by atoms with E-state index >= 15 is 0 Å². The number of amides is 2. The molecule has 122 valence electrons. The van der Waals surface area contributed by atoms with Crippen LogP contribution in [0.15, 0.2) is 30.3 Å². The second-order valence-electron chi connectivity index (χ2n) is 5.25. The molecule has 0 aromatic heterocycles. The second kappa shape index (κ2) is 7.57. The standard InChI is InChI=1S/C17H18Cl2N2O2/c1-10-4-5-13(18)8-15(10)21-17(22)20-9-23-14-6-11(2)16(19)12(3)7-14/h4-8H,9H2,1-3H3,(H2,20,21,22).